The lowest BCUT2D eigenvalue weighted by Gasteiger charge is -2.11. The van der Waals surface area contributed by atoms with Gasteiger partial charge in [0.25, 0.3) is 0 Å². The van der Waals surface area contributed by atoms with Gasteiger partial charge in [-0.2, -0.15) is 0 Å². The molecule has 0 fully saturated rings. The van der Waals surface area contributed by atoms with Crippen molar-refractivity contribution in [3.05, 3.63) is 84.2 Å². The molecule has 2 aromatic carbocycles. The van der Waals surface area contributed by atoms with Crippen LogP contribution in [0, 0.1) is 6.92 Å². The Labute approximate surface area is 169 Å². The Balaban J connectivity index is 1.79. The van der Waals surface area contributed by atoms with Gasteiger partial charge < -0.3 is 14.9 Å². The molecule has 0 aliphatic carbocycles. The summed E-state index contributed by atoms with van der Waals surface area (Å²) in [6, 6.07) is 21.8. The zero-order chi connectivity index (χ0) is 20.4. The van der Waals surface area contributed by atoms with E-state index in [4.69, 9.17) is 15.5 Å². The van der Waals surface area contributed by atoms with Gasteiger partial charge in [0.05, 0.1) is 18.5 Å². The first kappa shape index (κ1) is 18.9. The Morgan fingerprint density at radius 2 is 1.66 bits per heavy atom. The van der Waals surface area contributed by atoms with Crippen molar-refractivity contribution >= 4 is 11.6 Å². The molecule has 4 aromatic rings. The van der Waals surface area contributed by atoms with E-state index >= 15 is 0 Å². The van der Waals surface area contributed by atoms with Crippen LogP contribution in [-0.2, 0) is 16.0 Å². The number of nitrogens with two attached hydrogens (primary N) is 1. The minimum Gasteiger partial charge on any atom is -0.468 e. The lowest BCUT2D eigenvalue weighted by molar-refractivity contribution is -0.142. The molecule has 0 aliphatic rings. The molecule has 0 spiro atoms. The number of aromatic nitrogens is 2. The van der Waals surface area contributed by atoms with Crippen molar-refractivity contribution in [2.45, 2.75) is 19.4 Å². The van der Waals surface area contributed by atoms with Gasteiger partial charge in [-0.05, 0) is 29.7 Å². The van der Waals surface area contributed by atoms with Gasteiger partial charge in [-0.1, -0.05) is 60.7 Å². The van der Waals surface area contributed by atoms with Crippen molar-refractivity contribution in [2.75, 3.05) is 7.11 Å². The highest BCUT2D eigenvalue weighted by Crippen LogP contribution is 2.29. The van der Waals surface area contributed by atoms with Crippen LogP contribution in [0.4, 0.5) is 0 Å². The van der Waals surface area contributed by atoms with Gasteiger partial charge in [0.1, 0.15) is 11.7 Å². The fraction of sp³-hybridized carbons (Fsp3) is 0.167. The number of esters is 1. The molecule has 0 aliphatic heterocycles. The maximum Gasteiger partial charge on any atom is 0.323 e. The molecule has 5 nitrogen and oxygen atoms in total. The van der Waals surface area contributed by atoms with Gasteiger partial charge >= 0.3 is 5.97 Å². The first-order valence-corrected chi connectivity index (χ1v) is 9.54. The minimum atomic E-state index is -0.747. The maximum atomic E-state index is 11.9. The normalized spacial score (nSPS) is 12.1. The highest BCUT2D eigenvalue weighted by molar-refractivity contribution is 5.77. The summed E-state index contributed by atoms with van der Waals surface area (Å²) in [6.45, 7) is 2.02. The molecule has 0 radical (unpaired) electrons. The zero-order valence-electron chi connectivity index (χ0n) is 16.5. The van der Waals surface area contributed by atoms with E-state index in [1.165, 1.54) is 7.11 Å². The van der Waals surface area contributed by atoms with Crippen LogP contribution in [0.5, 0.6) is 0 Å². The van der Waals surface area contributed by atoms with Crippen molar-refractivity contribution in [3.63, 3.8) is 0 Å². The molecular formula is C24H23N3O2. The average molecular weight is 385 g/mol. The molecule has 4 rings (SSSR count). The number of carbonyl (C=O) groups excluding carboxylic acids is 1. The zero-order valence-corrected chi connectivity index (χ0v) is 16.5. The number of aryl methyl sites for hydroxylation is 1. The Bertz CT molecular complexity index is 1150. The summed E-state index contributed by atoms with van der Waals surface area (Å²) >= 11 is 0. The number of methoxy groups -OCH3 is 1. The summed E-state index contributed by atoms with van der Waals surface area (Å²) < 4.78 is 6.83. The topological polar surface area (TPSA) is 69.6 Å². The van der Waals surface area contributed by atoms with Crippen LogP contribution >= 0.6 is 0 Å². The number of pyridine rings is 1. The second-order valence-corrected chi connectivity index (χ2v) is 7.07. The standard InChI is InChI=1S/C24H23N3O2/c1-16-7-6-14-27-21(15-20(25)24(28)29-2)22(26-23(16)27)19-12-10-18(11-13-19)17-8-4-3-5-9-17/h3-14,20H,15,25H2,1-2H3. The van der Waals surface area contributed by atoms with E-state index in [1.54, 1.807) is 0 Å². The summed E-state index contributed by atoms with van der Waals surface area (Å²) in [5, 5.41) is 0. The number of benzene rings is 2. The van der Waals surface area contributed by atoms with Gasteiger partial charge in [0.2, 0.25) is 0 Å². The lowest BCUT2D eigenvalue weighted by Crippen LogP contribution is -2.34. The van der Waals surface area contributed by atoms with Crippen LogP contribution in [0.3, 0.4) is 0 Å². The van der Waals surface area contributed by atoms with E-state index in [1.807, 2.05) is 47.9 Å². The Morgan fingerprint density at radius 3 is 2.34 bits per heavy atom. The number of ether oxygens (including phenoxy) is 1. The monoisotopic (exact) mass is 385 g/mol. The molecule has 0 amide bonds. The molecule has 1 unspecified atom stereocenters. The Hall–Kier alpha value is -3.44. The SMILES string of the molecule is COC(=O)C(N)Cc1c(-c2ccc(-c3ccccc3)cc2)nc2c(C)cccn12. The average Bonchev–Trinajstić information content (AvgIpc) is 3.13. The van der Waals surface area contributed by atoms with E-state index in [9.17, 15) is 4.79 Å². The summed E-state index contributed by atoms with van der Waals surface area (Å²) in [5.74, 6) is -0.432. The number of imidazole rings is 1. The number of hydrogen-bond acceptors (Lipinski definition) is 4. The highest BCUT2D eigenvalue weighted by Gasteiger charge is 2.22. The molecule has 0 saturated heterocycles. The molecule has 2 N–H and O–H groups in total. The second-order valence-electron chi connectivity index (χ2n) is 7.07. The summed E-state index contributed by atoms with van der Waals surface area (Å²) in [4.78, 5) is 16.8. The van der Waals surface area contributed by atoms with Crippen LogP contribution < -0.4 is 5.73 Å². The van der Waals surface area contributed by atoms with E-state index in [0.717, 1.165) is 39.3 Å². The molecule has 2 heterocycles. The molecular weight excluding hydrogens is 362 g/mol. The quantitative estimate of drug-likeness (QED) is 0.527. The minimum absolute atomic E-state index is 0.340. The van der Waals surface area contributed by atoms with E-state index in [-0.39, 0.29) is 0 Å². The maximum absolute atomic E-state index is 11.9. The molecule has 2 aromatic heterocycles. The Kier molecular flexibility index (Phi) is 5.14. The molecule has 146 valence electrons. The van der Waals surface area contributed by atoms with E-state index < -0.39 is 12.0 Å². The van der Waals surface area contributed by atoms with Crippen LogP contribution in [0.25, 0.3) is 28.0 Å². The largest absolute Gasteiger partial charge is 0.468 e. The van der Waals surface area contributed by atoms with Crippen molar-refractivity contribution in [3.8, 4) is 22.4 Å². The first-order valence-electron chi connectivity index (χ1n) is 9.54. The molecule has 29 heavy (non-hydrogen) atoms. The molecule has 0 bridgehead atoms. The summed E-state index contributed by atoms with van der Waals surface area (Å²) in [5.41, 5.74) is 13.0. The van der Waals surface area contributed by atoms with Gasteiger partial charge in [-0.25, -0.2) is 4.98 Å². The van der Waals surface area contributed by atoms with Crippen molar-refractivity contribution in [1.29, 1.82) is 0 Å². The van der Waals surface area contributed by atoms with Gasteiger partial charge in [0, 0.05) is 18.2 Å². The number of nitrogens with zero attached hydrogens (tertiary/aromatic N) is 2. The number of fused-ring (bicyclic) bond motifs is 1. The van der Waals surface area contributed by atoms with Crippen molar-refractivity contribution in [2.24, 2.45) is 5.73 Å². The van der Waals surface area contributed by atoms with Gasteiger partial charge in [-0.3, -0.25) is 4.79 Å². The predicted octanol–water partition coefficient (Wildman–Crippen LogP) is 4.02. The number of carbonyl (C=O) groups is 1. The van der Waals surface area contributed by atoms with Crippen LogP contribution in [0.1, 0.15) is 11.3 Å². The van der Waals surface area contributed by atoms with Crippen LogP contribution in [0.2, 0.25) is 0 Å². The smallest absolute Gasteiger partial charge is 0.323 e. The third kappa shape index (κ3) is 3.65. The third-order valence-electron chi connectivity index (χ3n) is 5.13. The first-order chi connectivity index (χ1) is 14.1. The fourth-order valence-electron chi connectivity index (χ4n) is 3.57. The fourth-order valence-corrected chi connectivity index (χ4v) is 3.57. The van der Waals surface area contributed by atoms with Gasteiger partial charge in [0.15, 0.2) is 0 Å². The Morgan fingerprint density at radius 1 is 1.00 bits per heavy atom. The lowest BCUT2D eigenvalue weighted by atomic mass is 10.0. The molecule has 0 saturated carbocycles. The number of rotatable bonds is 5. The van der Waals surface area contributed by atoms with E-state index in [0.29, 0.717) is 6.42 Å². The van der Waals surface area contributed by atoms with Crippen LogP contribution in [-0.4, -0.2) is 28.5 Å². The van der Waals surface area contributed by atoms with E-state index in [2.05, 4.69) is 36.4 Å². The second kappa shape index (κ2) is 7.89. The highest BCUT2D eigenvalue weighted by atomic mass is 16.5. The third-order valence-corrected chi connectivity index (χ3v) is 5.13. The van der Waals surface area contributed by atoms with Gasteiger partial charge in [-0.15, -0.1) is 0 Å². The number of hydrogen-bond donors (Lipinski definition) is 1. The summed E-state index contributed by atoms with van der Waals surface area (Å²) in [6.07, 6.45) is 2.30. The van der Waals surface area contributed by atoms with Crippen LogP contribution in [0.15, 0.2) is 72.9 Å². The predicted molar refractivity (Wildman–Crippen MR) is 114 cm³/mol. The summed E-state index contributed by atoms with van der Waals surface area (Å²) in [7, 11) is 1.35. The van der Waals surface area contributed by atoms with Crippen molar-refractivity contribution in [1.82, 2.24) is 9.38 Å². The molecule has 5 heteroatoms. The van der Waals surface area contributed by atoms with Crippen molar-refractivity contribution < 1.29 is 9.53 Å². The molecule has 1 atom stereocenters.